The topological polar surface area (TPSA) is 97.5 Å². The summed E-state index contributed by atoms with van der Waals surface area (Å²) < 4.78 is 25.3. The summed E-state index contributed by atoms with van der Waals surface area (Å²) in [5.74, 6) is -2.63. The van der Waals surface area contributed by atoms with Gasteiger partial charge in [-0.3, -0.25) is 19.1 Å². The van der Waals surface area contributed by atoms with Crippen LogP contribution in [0.25, 0.3) is 0 Å². The van der Waals surface area contributed by atoms with Gasteiger partial charge in [0.1, 0.15) is 11.1 Å². The third-order valence-electron chi connectivity index (χ3n) is 2.59. The second kappa shape index (κ2) is 6.56. The Bertz CT molecular complexity index is 561. The first-order valence-electron chi connectivity index (χ1n) is 5.76. The van der Waals surface area contributed by atoms with Crippen LogP contribution in [0.5, 0.6) is 0 Å². The van der Waals surface area contributed by atoms with Gasteiger partial charge in [0.15, 0.2) is 0 Å². The molecule has 0 heterocycles. The van der Waals surface area contributed by atoms with Gasteiger partial charge in [-0.25, -0.2) is 4.39 Å². The highest BCUT2D eigenvalue weighted by atomic mass is 32.2. The summed E-state index contributed by atoms with van der Waals surface area (Å²) >= 11 is 0. The summed E-state index contributed by atoms with van der Waals surface area (Å²) in [5.41, 5.74) is -0.310. The van der Waals surface area contributed by atoms with Crippen LogP contribution in [0.4, 0.5) is 10.1 Å². The molecule has 0 spiro atoms. The smallest absolute Gasteiger partial charge is 0.319 e. The first-order chi connectivity index (χ1) is 9.22. The van der Waals surface area contributed by atoms with Gasteiger partial charge >= 0.3 is 5.97 Å². The van der Waals surface area contributed by atoms with Crippen LogP contribution < -0.4 is 0 Å². The second-order valence-electron chi connectivity index (χ2n) is 4.60. The van der Waals surface area contributed by atoms with Crippen LogP contribution in [-0.2, 0) is 21.3 Å². The third-order valence-corrected chi connectivity index (χ3v) is 4.52. The molecule has 1 aromatic carbocycles. The maximum Gasteiger partial charge on any atom is 0.319 e. The number of carboxylic acid groups (broad SMARTS) is 1. The third kappa shape index (κ3) is 4.09. The number of rotatable bonds is 6. The summed E-state index contributed by atoms with van der Waals surface area (Å²) in [6.07, 6.45) is 0. The quantitative estimate of drug-likeness (QED) is 0.641. The van der Waals surface area contributed by atoms with Crippen LogP contribution in [-0.4, -0.2) is 25.5 Å². The van der Waals surface area contributed by atoms with Gasteiger partial charge in [-0.1, -0.05) is 13.8 Å². The predicted molar refractivity (Wildman–Crippen MR) is 71.2 cm³/mol. The van der Waals surface area contributed by atoms with Crippen molar-refractivity contribution in [2.24, 2.45) is 5.92 Å². The van der Waals surface area contributed by atoms with E-state index in [9.17, 15) is 23.5 Å². The lowest BCUT2D eigenvalue weighted by molar-refractivity contribution is -0.385. The van der Waals surface area contributed by atoms with Gasteiger partial charge in [-0.15, -0.1) is 0 Å². The summed E-state index contributed by atoms with van der Waals surface area (Å²) in [6, 6.07) is 2.87. The van der Waals surface area contributed by atoms with E-state index in [-0.39, 0.29) is 17.2 Å². The van der Waals surface area contributed by atoms with Crippen molar-refractivity contribution in [3.05, 3.63) is 39.7 Å². The Morgan fingerprint density at radius 1 is 1.45 bits per heavy atom. The SMILES string of the molecule is CC(C)C(C(=O)O)S(=O)Cc1cc(F)cc([N+](=O)[O-])c1. The van der Waals surface area contributed by atoms with Gasteiger partial charge in [0, 0.05) is 22.6 Å². The molecule has 0 fully saturated rings. The Labute approximate surface area is 117 Å². The number of benzene rings is 1. The molecular weight excluding hydrogens is 289 g/mol. The standard InChI is InChI=1S/C12H14FNO5S/c1-7(2)11(12(15)16)20(19)6-8-3-9(13)5-10(4-8)14(17)18/h3-5,7,11H,6H2,1-2H3,(H,15,16). The molecule has 0 saturated heterocycles. The Hall–Kier alpha value is -1.83. The molecular formula is C12H14FNO5S. The van der Waals surface area contributed by atoms with Crippen LogP contribution in [0.2, 0.25) is 0 Å². The number of hydrogen-bond acceptors (Lipinski definition) is 4. The van der Waals surface area contributed by atoms with Gasteiger partial charge in [-0.05, 0) is 17.5 Å². The summed E-state index contributed by atoms with van der Waals surface area (Å²) in [4.78, 5) is 20.9. The molecule has 110 valence electrons. The molecule has 2 atom stereocenters. The van der Waals surface area contributed by atoms with Crippen molar-refractivity contribution in [1.82, 2.24) is 0 Å². The molecule has 8 heteroatoms. The number of nitro benzene ring substituents is 1. The average molecular weight is 303 g/mol. The minimum atomic E-state index is -1.79. The van der Waals surface area contributed by atoms with E-state index in [1.165, 1.54) is 0 Å². The van der Waals surface area contributed by atoms with E-state index in [0.717, 1.165) is 18.2 Å². The molecule has 0 aromatic heterocycles. The molecule has 0 radical (unpaired) electrons. The summed E-state index contributed by atoms with van der Waals surface area (Å²) in [7, 11) is -1.79. The van der Waals surface area contributed by atoms with Gasteiger partial charge in [-0.2, -0.15) is 0 Å². The van der Waals surface area contributed by atoms with Crippen LogP contribution >= 0.6 is 0 Å². The van der Waals surface area contributed by atoms with E-state index in [0.29, 0.717) is 0 Å². The number of carbonyl (C=O) groups is 1. The Balaban J connectivity index is 3.01. The number of non-ortho nitro benzene ring substituents is 1. The lowest BCUT2D eigenvalue weighted by atomic mass is 10.1. The number of halogens is 1. The van der Waals surface area contributed by atoms with Crippen molar-refractivity contribution in [3.63, 3.8) is 0 Å². The fourth-order valence-electron chi connectivity index (χ4n) is 1.78. The number of carboxylic acids is 1. The highest BCUT2D eigenvalue weighted by molar-refractivity contribution is 7.85. The lowest BCUT2D eigenvalue weighted by Crippen LogP contribution is -2.31. The zero-order valence-corrected chi connectivity index (χ0v) is 11.7. The molecule has 20 heavy (non-hydrogen) atoms. The van der Waals surface area contributed by atoms with E-state index < -0.39 is 38.4 Å². The molecule has 0 saturated carbocycles. The molecule has 6 nitrogen and oxygen atoms in total. The molecule has 2 unspecified atom stereocenters. The second-order valence-corrected chi connectivity index (χ2v) is 6.16. The first-order valence-corrected chi connectivity index (χ1v) is 7.14. The zero-order chi connectivity index (χ0) is 15.4. The van der Waals surface area contributed by atoms with E-state index in [1.807, 2.05) is 0 Å². The van der Waals surface area contributed by atoms with Crippen molar-refractivity contribution in [3.8, 4) is 0 Å². The molecule has 1 aromatic rings. The lowest BCUT2D eigenvalue weighted by Gasteiger charge is -2.15. The van der Waals surface area contributed by atoms with E-state index >= 15 is 0 Å². The first kappa shape index (κ1) is 16.2. The molecule has 0 bridgehead atoms. The van der Waals surface area contributed by atoms with Gasteiger partial charge in [0.2, 0.25) is 0 Å². The van der Waals surface area contributed by atoms with Crippen molar-refractivity contribution in [2.45, 2.75) is 24.9 Å². The summed E-state index contributed by atoms with van der Waals surface area (Å²) in [6.45, 7) is 3.23. The van der Waals surface area contributed by atoms with Crippen molar-refractivity contribution < 1.29 is 23.4 Å². The highest BCUT2D eigenvalue weighted by Crippen LogP contribution is 2.20. The maximum atomic E-state index is 13.2. The van der Waals surface area contributed by atoms with E-state index in [2.05, 4.69) is 0 Å². The van der Waals surface area contributed by atoms with E-state index in [4.69, 9.17) is 5.11 Å². The molecule has 0 aliphatic carbocycles. The van der Waals surface area contributed by atoms with Crippen LogP contribution in [0, 0.1) is 21.8 Å². The fraction of sp³-hybridized carbons (Fsp3) is 0.417. The van der Waals surface area contributed by atoms with Crippen molar-refractivity contribution >= 4 is 22.5 Å². The molecule has 1 rings (SSSR count). The van der Waals surface area contributed by atoms with Crippen LogP contribution in [0.15, 0.2) is 18.2 Å². The Morgan fingerprint density at radius 2 is 2.05 bits per heavy atom. The van der Waals surface area contributed by atoms with Crippen molar-refractivity contribution in [2.75, 3.05) is 0 Å². The van der Waals surface area contributed by atoms with Gasteiger partial charge < -0.3 is 5.11 Å². The highest BCUT2D eigenvalue weighted by Gasteiger charge is 2.28. The predicted octanol–water partition coefficient (Wildman–Crippen LogP) is 2.09. The minimum Gasteiger partial charge on any atom is -0.480 e. The maximum absolute atomic E-state index is 13.2. The molecule has 0 aliphatic heterocycles. The fourth-order valence-corrected chi connectivity index (χ4v) is 3.28. The zero-order valence-electron chi connectivity index (χ0n) is 10.9. The van der Waals surface area contributed by atoms with Gasteiger partial charge in [0.25, 0.3) is 5.69 Å². The monoisotopic (exact) mass is 303 g/mol. The van der Waals surface area contributed by atoms with Crippen LogP contribution in [0.1, 0.15) is 19.4 Å². The largest absolute Gasteiger partial charge is 0.480 e. The van der Waals surface area contributed by atoms with E-state index in [1.54, 1.807) is 13.8 Å². The Morgan fingerprint density at radius 3 is 2.50 bits per heavy atom. The average Bonchev–Trinajstić information content (AvgIpc) is 2.26. The molecule has 0 aliphatic rings. The van der Waals surface area contributed by atoms with Crippen molar-refractivity contribution in [1.29, 1.82) is 0 Å². The Kier molecular flexibility index (Phi) is 5.32. The number of nitro groups is 1. The molecule has 0 amide bonds. The summed E-state index contributed by atoms with van der Waals surface area (Å²) in [5, 5.41) is 18.5. The number of aliphatic carboxylic acids is 1. The normalized spacial score (nSPS) is 14.0. The minimum absolute atomic E-state index is 0.141. The van der Waals surface area contributed by atoms with Crippen LogP contribution in [0.3, 0.4) is 0 Å². The number of nitrogens with zero attached hydrogens (tertiary/aromatic N) is 1. The van der Waals surface area contributed by atoms with Gasteiger partial charge in [0.05, 0.1) is 11.0 Å². The number of hydrogen-bond donors (Lipinski definition) is 1. The molecule has 1 N–H and O–H groups in total.